The van der Waals surface area contributed by atoms with Crippen molar-refractivity contribution in [3.8, 4) is 10.7 Å². The Morgan fingerprint density at radius 1 is 1.38 bits per heavy atom. The smallest absolute Gasteiger partial charge is 0.341 e. The van der Waals surface area contributed by atoms with Crippen molar-refractivity contribution in [1.82, 2.24) is 20.3 Å². The molecule has 1 atom stereocenters. The van der Waals surface area contributed by atoms with Crippen LogP contribution in [-0.2, 0) is 0 Å². The Bertz CT molecular complexity index is 809. The first kappa shape index (κ1) is 17.5. The molecule has 1 fully saturated rings. The number of halogens is 5. The van der Waals surface area contributed by atoms with Gasteiger partial charge in [0.15, 0.2) is 16.8 Å². The summed E-state index contributed by atoms with van der Waals surface area (Å²) in [5.41, 5.74) is 0.704. The molecule has 1 unspecified atom stereocenters. The number of aromatic nitrogens is 3. The highest BCUT2D eigenvalue weighted by Crippen LogP contribution is 2.34. The van der Waals surface area contributed by atoms with Crippen LogP contribution in [0, 0.1) is 0 Å². The summed E-state index contributed by atoms with van der Waals surface area (Å²) < 4.78 is 39.8. The molecule has 1 aliphatic rings. The molecule has 6 nitrogen and oxygen atoms in total. The molecule has 2 aromatic heterocycles. The van der Waals surface area contributed by atoms with Gasteiger partial charge in [-0.1, -0.05) is 23.2 Å². The van der Waals surface area contributed by atoms with Gasteiger partial charge in [0.25, 0.3) is 5.56 Å². The van der Waals surface area contributed by atoms with Crippen molar-refractivity contribution in [2.24, 2.45) is 0 Å². The van der Waals surface area contributed by atoms with Crippen LogP contribution in [0.5, 0.6) is 0 Å². The average Bonchev–Trinajstić information content (AvgIpc) is 2.95. The molecule has 2 aromatic rings. The number of anilines is 1. The maximum Gasteiger partial charge on any atom is 0.410 e. The van der Waals surface area contributed by atoms with Crippen molar-refractivity contribution in [2.45, 2.75) is 12.2 Å². The lowest BCUT2D eigenvalue weighted by Gasteiger charge is -2.38. The minimum atomic E-state index is -4.50. The zero-order valence-electron chi connectivity index (χ0n) is 11.8. The van der Waals surface area contributed by atoms with E-state index in [2.05, 4.69) is 20.3 Å². The Hall–Kier alpha value is -1.36. The van der Waals surface area contributed by atoms with Gasteiger partial charge < -0.3 is 15.2 Å². The molecule has 130 valence electrons. The topological polar surface area (TPSA) is 73.9 Å². The zero-order valence-corrected chi connectivity index (χ0v) is 14.2. The fraction of sp³-hybridized carbons (Fsp3) is 0.417. The summed E-state index contributed by atoms with van der Waals surface area (Å²) in [4.78, 5) is 23.8. The van der Waals surface area contributed by atoms with Crippen LogP contribution in [-0.4, -0.2) is 46.8 Å². The fourth-order valence-electron chi connectivity index (χ4n) is 2.38. The van der Waals surface area contributed by atoms with Crippen LogP contribution in [0.2, 0.25) is 10.2 Å². The van der Waals surface area contributed by atoms with E-state index in [0.717, 1.165) is 16.2 Å². The summed E-state index contributed by atoms with van der Waals surface area (Å²) in [5.74, 6) is -0.185. The maximum atomic E-state index is 13.3. The SMILES string of the molecule is O=c1[nH]c(-c2scnc2Cl)nc(N2CCNCC2C(F)(F)F)c1Cl. The van der Waals surface area contributed by atoms with Crippen molar-refractivity contribution in [2.75, 3.05) is 24.5 Å². The number of piperazine rings is 1. The minimum Gasteiger partial charge on any atom is -0.341 e. The molecule has 12 heteroatoms. The van der Waals surface area contributed by atoms with Gasteiger partial charge in [0, 0.05) is 19.6 Å². The standard InChI is InChI=1S/C12H10Cl2F3N5OS/c13-6-10(22-2-1-18-3-5(22)12(15,16)17)20-9(21-11(6)23)7-8(14)19-4-24-7/h4-5,18H,1-3H2,(H,20,21,23). The third-order valence-corrected chi connectivity index (χ3v) is 5.05. The molecule has 0 radical (unpaired) electrons. The lowest BCUT2D eigenvalue weighted by atomic mass is 10.2. The van der Waals surface area contributed by atoms with Crippen LogP contribution < -0.4 is 15.8 Å². The Morgan fingerprint density at radius 2 is 2.12 bits per heavy atom. The third kappa shape index (κ3) is 3.23. The molecule has 0 aromatic carbocycles. The number of alkyl halides is 3. The first-order valence-corrected chi connectivity index (χ1v) is 8.36. The van der Waals surface area contributed by atoms with Gasteiger partial charge in [-0.3, -0.25) is 4.79 Å². The van der Waals surface area contributed by atoms with Crippen molar-refractivity contribution in [1.29, 1.82) is 0 Å². The van der Waals surface area contributed by atoms with E-state index in [0.29, 0.717) is 11.4 Å². The quantitative estimate of drug-likeness (QED) is 0.811. The lowest BCUT2D eigenvalue weighted by molar-refractivity contribution is -0.149. The van der Waals surface area contributed by atoms with Crippen LogP contribution in [0.4, 0.5) is 19.0 Å². The summed E-state index contributed by atoms with van der Waals surface area (Å²) in [6, 6.07) is -1.83. The predicted octanol–water partition coefficient (Wildman–Crippen LogP) is 2.54. The maximum absolute atomic E-state index is 13.3. The van der Waals surface area contributed by atoms with Crippen LogP contribution in [0.3, 0.4) is 0 Å². The number of hydrogen-bond donors (Lipinski definition) is 2. The Balaban J connectivity index is 2.11. The first-order valence-electron chi connectivity index (χ1n) is 6.72. The van der Waals surface area contributed by atoms with E-state index in [4.69, 9.17) is 23.2 Å². The molecule has 0 aliphatic carbocycles. The number of rotatable bonds is 2. The predicted molar refractivity (Wildman–Crippen MR) is 86.0 cm³/mol. The molecule has 1 aliphatic heterocycles. The lowest BCUT2D eigenvalue weighted by Crippen LogP contribution is -2.58. The van der Waals surface area contributed by atoms with E-state index in [1.807, 2.05) is 0 Å². The van der Waals surface area contributed by atoms with E-state index >= 15 is 0 Å². The molecule has 0 amide bonds. The molecule has 0 spiro atoms. The summed E-state index contributed by atoms with van der Waals surface area (Å²) in [5, 5.41) is 2.39. The molecule has 3 rings (SSSR count). The molecule has 1 saturated heterocycles. The zero-order chi connectivity index (χ0) is 17.5. The largest absolute Gasteiger partial charge is 0.410 e. The van der Waals surface area contributed by atoms with E-state index in [-0.39, 0.29) is 29.9 Å². The first-order chi connectivity index (χ1) is 11.3. The second kappa shape index (κ2) is 6.51. The second-order valence-corrected chi connectivity index (χ2v) is 6.57. The van der Waals surface area contributed by atoms with Crippen molar-refractivity contribution >= 4 is 40.4 Å². The van der Waals surface area contributed by atoms with E-state index < -0.39 is 22.8 Å². The number of H-pyrrole nitrogens is 1. The summed E-state index contributed by atoms with van der Waals surface area (Å²) in [7, 11) is 0. The molecular formula is C12H10Cl2F3N5OS. The molecule has 3 heterocycles. The minimum absolute atomic E-state index is 0.0101. The van der Waals surface area contributed by atoms with E-state index in [1.54, 1.807) is 0 Å². The van der Waals surface area contributed by atoms with Gasteiger partial charge in [-0.15, -0.1) is 11.3 Å². The summed E-state index contributed by atoms with van der Waals surface area (Å²) in [6.45, 7) is 0.00913. The van der Waals surface area contributed by atoms with Crippen LogP contribution >= 0.6 is 34.5 Å². The van der Waals surface area contributed by atoms with Gasteiger partial charge in [0.2, 0.25) is 0 Å². The van der Waals surface area contributed by atoms with Gasteiger partial charge in [0.05, 0.1) is 5.51 Å². The number of nitrogens with one attached hydrogen (secondary N) is 2. The number of nitrogens with zero attached hydrogens (tertiary/aromatic N) is 3. The molecular weight excluding hydrogens is 390 g/mol. The number of hydrogen-bond acceptors (Lipinski definition) is 6. The monoisotopic (exact) mass is 399 g/mol. The van der Waals surface area contributed by atoms with Crippen LogP contribution in [0.15, 0.2) is 10.3 Å². The Morgan fingerprint density at radius 3 is 2.75 bits per heavy atom. The van der Waals surface area contributed by atoms with Crippen LogP contribution in [0.1, 0.15) is 0 Å². The highest BCUT2D eigenvalue weighted by Gasteiger charge is 2.46. The van der Waals surface area contributed by atoms with Crippen molar-refractivity contribution in [3.05, 3.63) is 26.0 Å². The normalized spacial score (nSPS) is 18.9. The molecule has 0 saturated carbocycles. The van der Waals surface area contributed by atoms with E-state index in [1.165, 1.54) is 5.51 Å². The Labute approximate surface area is 147 Å². The average molecular weight is 400 g/mol. The summed E-state index contributed by atoms with van der Waals surface area (Å²) in [6.07, 6.45) is -4.50. The molecule has 2 N–H and O–H groups in total. The van der Waals surface area contributed by atoms with Gasteiger partial charge in [0.1, 0.15) is 15.9 Å². The van der Waals surface area contributed by atoms with Gasteiger partial charge >= 0.3 is 6.18 Å². The van der Waals surface area contributed by atoms with Crippen molar-refractivity contribution < 1.29 is 13.2 Å². The number of thiazole rings is 1. The molecule has 0 bridgehead atoms. The highest BCUT2D eigenvalue weighted by molar-refractivity contribution is 7.13. The molecule has 24 heavy (non-hydrogen) atoms. The third-order valence-electron chi connectivity index (χ3n) is 3.48. The van der Waals surface area contributed by atoms with Crippen LogP contribution in [0.25, 0.3) is 10.7 Å². The Kier molecular flexibility index (Phi) is 4.73. The second-order valence-electron chi connectivity index (χ2n) is 4.98. The fourth-order valence-corrected chi connectivity index (χ4v) is 3.53. The highest BCUT2D eigenvalue weighted by atomic mass is 35.5. The number of aromatic amines is 1. The van der Waals surface area contributed by atoms with E-state index in [9.17, 15) is 18.0 Å². The van der Waals surface area contributed by atoms with Crippen molar-refractivity contribution in [3.63, 3.8) is 0 Å². The van der Waals surface area contributed by atoms with Gasteiger partial charge in [-0.25, -0.2) is 9.97 Å². The summed E-state index contributed by atoms with van der Waals surface area (Å²) >= 11 is 12.9. The van der Waals surface area contributed by atoms with Gasteiger partial charge in [-0.2, -0.15) is 13.2 Å². The van der Waals surface area contributed by atoms with Gasteiger partial charge in [-0.05, 0) is 0 Å².